The minimum atomic E-state index is -3.84. The summed E-state index contributed by atoms with van der Waals surface area (Å²) in [5.41, 5.74) is 0.827. The highest BCUT2D eigenvalue weighted by Gasteiger charge is 2.24. The first-order valence-electron chi connectivity index (χ1n) is 7.79. The molecule has 0 spiro atoms. The summed E-state index contributed by atoms with van der Waals surface area (Å²) in [4.78, 5) is 16.0. The molecule has 3 aromatic rings. The molecule has 2 aromatic heterocycles. The minimum absolute atomic E-state index is 0.00865. The molecule has 1 amide bonds. The molecule has 6 nitrogen and oxygen atoms in total. The Kier molecular flexibility index (Phi) is 5.84. The van der Waals surface area contributed by atoms with E-state index in [0.717, 1.165) is 5.56 Å². The fourth-order valence-corrected chi connectivity index (χ4v) is 4.90. The van der Waals surface area contributed by atoms with E-state index < -0.39 is 21.5 Å². The van der Waals surface area contributed by atoms with Gasteiger partial charge in [0.25, 0.3) is 5.91 Å². The van der Waals surface area contributed by atoms with Gasteiger partial charge in [-0.25, -0.2) is 8.42 Å². The molecule has 0 radical (unpaired) electrons. The van der Waals surface area contributed by atoms with Crippen molar-refractivity contribution < 1.29 is 17.6 Å². The average Bonchev–Trinajstić information content (AvgIpc) is 3.08. The van der Waals surface area contributed by atoms with Crippen LogP contribution in [0.2, 0.25) is 10.0 Å². The smallest absolute Gasteiger partial charge is 0.287 e. The summed E-state index contributed by atoms with van der Waals surface area (Å²) in [6.07, 6.45) is 3.27. The third-order valence-electron chi connectivity index (χ3n) is 3.62. The van der Waals surface area contributed by atoms with Crippen LogP contribution in [-0.4, -0.2) is 19.3 Å². The maximum absolute atomic E-state index is 12.6. The standard InChI is InChI=1S/C18H14Cl2N2O4S/c19-14-4-1-5-15(20)17(14)27(24,25)11-13-6-7-16(26-13)18(23)22-10-12-3-2-8-21-9-12/h1-9H,10-11H2,(H,22,23). The number of amides is 1. The Morgan fingerprint density at radius 1 is 1.07 bits per heavy atom. The summed E-state index contributed by atoms with van der Waals surface area (Å²) in [5.74, 6) is -0.808. The highest BCUT2D eigenvalue weighted by molar-refractivity contribution is 7.90. The number of benzene rings is 1. The Bertz CT molecular complexity index is 1050. The third-order valence-corrected chi connectivity index (χ3v) is 6.20. The number of aromatic nitrogens is 1. The van der Waals surface area contributed by atoms with Gasteiger partial charge in [-0.2, -0.15) is 0 Å². The van der Waals surface area contributed by atoms with Gasteiger partial charge in [0.2, 0.25) is 0 Å². The lowest BCUT2D eigenvalue weighted by molar-refractivity contribution is 0.0921. The van der Waals surface area contributed by atoms with Gasteiger partial charge in [-0.05, 0) is 35.9 Å². The zero-order chi connectivity index (χ0) is 19.4. The van der Waals surface area contributed by atoms with E-state index in [1.54, 1.807) is 24.5 Å². The number of pyridine rings is 1. The van der Waals surface area contributed by atoms with E-state index in [1.165, 1.54) is 24.3 Å². The first kappa shape index (κ1) is 19.4. The number of rotatable bonds is 6. The fourth-order valence-electron chi connectivity index (χ4n) is 2.39. The van der Waals surface area contributed by atoms with Crippen LogP contribution in [0.5, 0.6) is 0 Å². The van der Waals surface area contributed by atoms with Gasteiger partial charge < -0.3 is 9.73 Å². The largest absolute Gasteiger partial charge is 0.455 e. The van der Waals surface area contributed by atoms with Crippen LogP contribution in [0.1, 0.15) is 21.9 Å². The van der Waals surface area contributed by atoms with Crippen LogP contribution >= 0.6 is 23.2 Å². The first-order valence-corrected chi connectivity index (χ1v) is 10.2. The SMILES string of the molecule is O=C(NCc1cccnc1)c1ccc(CS(=O)(=O)c2c(Cl)cccc2Cl)o1. The van der Waals surface area contributed by atoms with Crippen LogP contribution in [0.25, 0.3) is 0 Å². The van der Waals surface area contributed by atoms with Crippen molar-refractivity contribution in [2.24, 2.45) is 0 Å². The molecule has 2 heterocycles. The number of hydrogen-bond acceptors (Lipinski definition) is 5. The van der Waals surface area contributed by atoms with Crippen molar-refractivity contribution in [3.05, 3.63) is 82.0 Å². The van der Waals surface area contributed by atoms with E-state index in [2.05, 4.69) is 10.3 Å². The van der Waals surface area contributed by atoms with Crippen LogP contribution < -0.4 is 5.32 Å². The summed E-state index contributed by atoms with van der Waals surface area (Å²) in [7, 11) is -3.84. The van der Waals surface area contributed by atoms with Crippen LogP contribution in [0.4, 0.5) is 0 Å². The second-order valence-corrected chi connectivity index (χ2v) is 8.36. The fraction of sp³-hybridized carbons (Fsp3) is 0.111. The molecule has 0 aliphatic rings. The van der Waals surface area contributed by atoms with Crippen molar-refractivity contribution in [3.8, 4) is 0 Å². The van der Waals surface area contributed by atoms with Crippen molar-refractivity contribution in [3.63, 3.8) is 0 Å². The number of nitrogens with zero attached hydrogens (tertiary/aromatic N) is 1. The molecule has 9 heteroatoms. The summed E-state index contributed by atoms with van der Waals surface area (Å²) < 4.78 is 30.6. The highest BCUT2D eigenvalue weighted by atomic mass is 35.5. The predicted octanol–water partition coefficient (Wildman–Crippen LogP) is 3.89. The van der Waals surface area contributed by atoms with Gasteiger partial charge in [-0.3, -0.25) is 9.78 Å². The van der Waals surface area contributed by atoms with Gasteiger partial charge in [0.1, 0.15) is 16.4 Å². The zero-order valence-corrected chi connectivity index (χ0v) is 16.2. The number of carbonyl (C=O) groups is 1. The summed E-state index contributed by atoms with van der Waals surface area (Å²) >= 11 is 11.9. The molecule has 1 aromatic carbocycles. The molecule has 0 aliphatic heterocycles. The summed E-state index contributed by atoms with van der Waals surface area (Å²) in [6, 6.07) is 10.9. The molecule has 140 valence electrons. The normalized spacial score (nSPS) is 11.3. The lowest BCUT2D eigenvalue weighted by atomic mass is 10.3. The molecule has 0 atom stereocenters. The second-order valence-electron chi connectivity index (χ2n) is 5.62. The van der Waals surface area contributed by atoms with E-state index in [0.29, 0.717) is 0 Å². The molecule has 0 aliphatic carbocycles. The van der Waals surface area contributed by atoms with E-state index in [-0.39, 0.29) is 33.0 Å². The number of sulfone groups is 1. The maximum atomic E-state index is 12.6. The molecular formula is C18H14Cl2N2O4S. The van der Waals surface area contributed by atoms with Gasteiger partial charge in [0.15, 0.2) is 15.6 Å². The lowest BCUT2D eigenvalue weighted by Crippen LogP contribution is -2.22. The van der Waals surface area contributed by atoms with E-state index >= 15 is 0 Å². The number of carbonyl (C=O) groups excluding carboxylic acids is 1. The molecule has 0 unspecified atom stereocenters. The van der Waals surface area contributed by atoms with Crippen LogP contribution in [-0.2, 0) is 22.1 Å². The Labute approximate surface area is 166 Å². The monoisotopic (exact) mass is 424 g/mol. The molecule has 1 N–H and O–H groups in total. The number of halogens is 2. The predicted molar refractivity (Wildman–Crippen MR) is 101 cm³/mol. The van der Waals surface area contributed by atoms with Crippen molar-refractivity contribution >= 4 is 38.9 Å². The van der Waals surface area contributed by atoms with Gasteiger partial charge in [-0.15, -0.1) is 0 Å². The van der Waals surface area contributed by atoms with Crippen molar-refractivity contribution in [1.29, 1.82) is 0 Å². The second kappa shape index (κ2) is 8.12. The number of furan rings is 1. The molecule has 0 bridgehead atoms. The Balaban J connectivity index is 1.71. The summed E-state index contributed by atoms with van der Waals surface area (Å²) in [5, 5.41) is 2.74. The molecule has 0 saturated heterocycles. The maximum Gasteiger partial charge on any atom is 0.287 e. The van der Waals surface area contributed by atoms with Crippen LogP contribution in [0.15, 0.2) is 64.2 Å². The first-order chi connectivity index (χ1) is 12.9. The van der Waals surface area contributed by atoms with E-state index in [4.69, 9.17) is 27.6 Å². The molecular weight excluding hydrogens is 411 g/mol. The van der Waals surface area contributed by atoms with Gasteiger partial charge in [0.05, 0.1) is 10.0 Å². The zero-order valence-electron chi connectivity index (χ0n) is 13.9. The number of nitrogens with one attached hydrogen (secondary N) is 1. The van der Waals surface area contributed by atoms with Crippen LogP contribution in [0.3, 0.4) is 0 Å². The summed E-state index contributed by atoms with van der Waals surface area (Å²) in [6.45, 7) is 0.274. The molecule has 3 rings (SSSR count). The van der Waals surface area contributed by atoms with E-state index in [1.807, 2.05) is 6.07 Å². The van der Waals surface area contributed by atoms with Crippen molar-refractivity contribution in [2.75, 3.05) is 0 Å². The molecule has 27 heavy (non-hydrogen) atoms. The number of hydrogen-bond donors (Lipinski definition) is 1. The van der Waals surface area contributed by atoms with Crippen LogP contribution in [0, 0.1) is 0 Å². The minimum Gasteiger partial charge on any atom is -0.455 e. The third kappa shape index (κ3) is 4.68. The van der Waals surface area contributed by atoms with E-state index in [9.17, 15) is 13.2 Å². The van der Waals surface area contributed by atoms with Gasteiger partial charge in [0, 0.05) is 18.9 Å². The van der Waals surface area contributed by atoms with Crippen molar-refractivity contribution in [1.82, 2.24) is 10.3 Å². The Morgan fingerprint density at radius 3 is 2.48 bits per heavy atom. The molecule has 0 saturated carbocycles. The lowest BCUT2D eigenvalue weighted by Gasteiger charge is -2.07. The Hall–Kier alpha value is -2.35. The van der Waals surface area contributed by atoms with Gasteiger partial charge >= 0.3 is 0 Å². The topological polar surface area (TPSA) is 89.3 Å². The Morgan fingerprint density at radius 2 is 1.81 bits per heavy atom. The van der Waals surface area contributed by atoms with Gasteiger partial charge in [-0.1, -0.05) is 35.3 Å². The quantitative estimate of drug-likeness (QED) is 0.648. The highest BCUT2D eigenvalue weighted by Crippen LogP contribution is 2.31. The van der Waals surface area contributed by atoms with Crippen molar-refractivity contribution in [2.45, 2.75) is 17.2 Å². The average molecular weight is 425 g/mol. The molecule has 0 fully saturated rings.